The Morgan fingerprint density at radius 1 is 1.63 bits per heavy atom. The zero-order chi connectivity index (χ0) is 14.4. The molecule has 0 radical (unpaired) electrons. The summed E-state index contributed by atoms with van der Waals surface area (Å²) < 4.78 is 11.3. The fourth-order valence-corrected chi connectivity index (χ4v) is 1.40. The molecule has 7 nitrogen and oxygen atoms in total. The Morgan fingerprint density at radius 3 is 2.89 bits per heavy atom. The van der Waals surface area contributed by atoms with E-state index in [-0.39, 0.29) is 12.2 Å². The Hall–Kier alpha value is -2.31. The van der Waals surface area contributed by atoms with Crippen LogP contribution in [0.15, 0.2) is 18.9 Å². The topological polar surface area (TPSA) is 82.4 Å². The van der Waals surface area contributed by atoms with E-state index in [2.05, 4.69) is 21.7 Å². The average molecular weight is 267 g/mol. The minimum absolute atomic E-state index is 0.250. The smallest absolute Gasteiger partial charge is 0.328 e. The molecule has 1 atom stereocenters. The van der Waals surface area contributed by atoms with Crippen molar-refractivity contribution < 1.29 is 19.1 Å². The third kappa shape index (κ3) is 3.57. The van der Waals surface area contributed by atoms with Gasteiger partial charge in [0.15, 0.2) is 0 Å². The van der Waals surface area contributed by atoms with Gasteiger partial charge in [-0.15, -0.1) is 0 Å². The molecule has 0 bridgehead atoms. The normalized spacial score (nSPS) is 11.5. The van der Waals surface area contributed by atoms with Crippen LogP contribution in [0.25, 0.3) is 0 Å². The number of hydrogen-bond acceptors (Lipinski definition) is 5. The molecule has 19 heavy (non-hydrogen) atoms. The maximum absolute atomic E-state index is 12.0. The number of esters is 1. The minimum Gasteiger partial charge on any atom is -0.473 e. The maximum atomic E-state index is 12.0. The van der Waals surface area contributed by atoms with Gasteiger partial charge in [0.1, 0.15) is 18.2 Å². The van der Waals surface area contributed by atoms with E-state index in [1.165, 1.54) is 24.9 Å². The molecule has 1 aromatic heterocycles. The number of hydrogen-bond donors (Lipinski definition) is 1. The number of nitrogens with one attached hydrogen (secondary N) is 1. The number of rotatable bonds is 6. The van der Waals surface area contributed by atoms with Crippen molar-refractivity contribution in [2.24, 2.45) is 7.05 Å². The van der Waals surface area contributed by atoms with Crippen LogP contribution in [0.5, 0.6) is 5.88 Å². The Kier molecular flexibility index (Phi) is 5.11. The number of aromatic nitrogens is 2. The molecular weight excluding hydrogens is 250 g/mol. The van der Waals surface area contributed by atoms with E-state index in [1.807, 2.05) is 0 Å². The van der Waals surface area contributed by atoms with Gasteiger partial charge in [-0.25, -0.2) is 9.48 Å². The van der Waals surface area contributed by atoms with E-state index in [4.69, 9.17) is 4.74 Å². The van der Waals surface area contributed by atoms with Gasteiger partial charge in [0.25, 0.3) is 5.91 Å². The molecule has 0 aliphatic rings. The first-order valence-electron chi connectivity index (χ1n) is 5.65. The molecule has 1 aromatic rings. The molecular formula is C12H17N3O4. The number of carbonyl (C=O) groups excluding carboxylic acids is 2. The van der Waals surface area contributed by atoms with Crippen molar-refractivity contribution in [3.8, 4) is 5.88 Å². The molecule has 1 N–H and O–H groups in total. The lowest BCUT2D eigenvalue weighted by molar-refractivity contribution is -0.142. The molecule has 1 rings (SSSR count). The van der Waals surface area contributed by atoms with Gasteiger partial charge in [0.05, 0.1) is 13.3 Å². The second kappa shape index (κ2) is 6.58. The van der Waals surface area contributed by atoms with Gasteiger partial charge in [-0.3, -0.25) is 4.79 Å². The first-order chi connectivity index (χ1) is 9.01. The Balaban J connectivity index is 2.82. The van der Waals surface area contributed by atoms with Crippen LogP contribution in [0.2, 0.25) is 0 Å². The van der Waals surface area contributed by atoms with Crippen LogP contribution in [0, 0.1) is 0 Å². The summed E-state index contributed by atoms with van der Waals surface area (Å²) in [6.07, 6.45) is 2.93. The van der Waals surface area contributed by atoms with Crippen molar-refractivity contribution in [3.05, 3.63) is 24.4 Å². The van der Waals surface area contributed by atoms with Gasteiger partial charge in [0, 0.05) is 7.05 Å². The molecule has 0 aliphatic carbocycles. The number of amides is 1. The van der Waals surface area contributed by atoms with Crippen molar-refractivity contribution in [3.63, 3.8) is 0 Å². The summed E-state index contributed by atoms with van der Waals surface area (Å²) in [6, 6.07) is -0.745. The van der Waals surface area contributed by atoms with Crippen LogP contribution in [0.4, 0.5) is 0 Å². The molecule has 0 unspecified atom stereocenters. The molecule has 0 spiro atoms. The van der Waals surface area contributed by atoms with Gasteiger partial charge >= 0.3 is 5.97 Å². The average Bonchev–Trinajstić information content (AvgIpc) is 2.76. The Morgan fingerprint density at radius 2 is 2.32 bits per heavy atom. The molecule has 1 amide bonds. The van der Waals surface area contributed by atoms with Gasteiger partial charge in [-0.1, -0.05) is 12.7 Å². The van der Waals surface area contributed by atoms with Crippen molar-refractivity contribution in [2.75, 3.05) is 13.7 Å². The quantitative estimate of drug-likeness (QED) is 0.591. The first kappa shape index (κ1) is 14.7. The summed E-state index contributed by atoms with van der Waals surface area (Å²) in [5.41, 5.74) is 0.250. The fourth-order valence-electron chi connectivity index (χ4n) is 1.40. The van der Waals surface area contributed by atoms with Gasteiger partial charge in [-0.05, 0) is 6.92 Å². The second-order valence-electron chi connectivity index (χ2n) is 3.80. The van der Waals surface area contributed by atoms with Crippen molar-refractivity contribution >= 4 is 11.9 Å². The Labute approximate surface area is 111 Å². The third-order valence-corrected chi connectivity index (χ3v) is 2.37. The van der Waals surface area contributed by atoms with Crippen molar-refractivity contribution in [2.45, 2.75) is 13.0 Å². The summed E-state index contributed by atoms with van der Waals surface area (Å²) in [5.74, 6) is -0.662. The predicted molar refractivity (Wildman–Crippen MR) is 67.8 cm³/mol. The minimum atomic E-state index is -0.745. The highest BCUT2D eigenvalue weighted by Crippen LogP contribution is 2.17. The molecule has 104 valence electrons. The van der Waals surface area contributed by atoms with E-state index >= 15 is 0 Å². The van der Waals surface area contributed by atoms with Crippen LogP contribution in [0.1, 0.15) is 17.3 Å². The highest BCUT2D eigenvalue weighted by molar-refractivity contribution is 5.98. The Bertz CT molecular complexity index is 481. The van der Waals surface area contributed by atoms with Crippen LogP contribution < -0.4 is 10.1 Å². The number of carbonyl (C=O) groups is 2. The monoisotopic (exact) mass is 267 g/mol. The SMILES string of the molecule is C=CCOc1c(C(=O)N[C@@H](C)C(=O)OC)cnn1C. The van der Waals surface area contributed by atoms with Crippen LogP contribution in [-0.2, 0) is 16.6 Å². The largest absolute Gasteiger partial charge is 0.473 e. The zero-order valence-electron chi connectivity index (χ0n) is 11.2. The molecule has 0 aliphatic heterocycles. The lowest BCUT2D eigenvalue weighted by Crippen LogP contribution is -2.39. The van der Waals surface area contributed by atoms with E-state index in [0.717, 1.165) is 0 Å². The summed E-state index contributed by atoms with van der Waals surface area (Å²) in [5, 5.41) is 6.45. The summed E-state index contributed by atoms with van der Waals surface area (Å²) in [4.78, 5) is 23.2. The molecule has 0 aromatic carbocycles. The number of aryl methyl sites for hydroxylation is 1. The highest BCUT2D eigenvalue weighted by Gasteiger charge is 2.22. The standard InChI is InChI=1S/C12H17N3O4/c1-5-6-19-11-9(7-13-15(11)3)10(16)14-8(2)12(17)18-4/h5,7-8H,1,6H2,2-4H3,(H,14,16)/t8-/m0/s1. The van der Waals surface area contributed by atoms with Crippen molar-refractivity contribution in [1.29, 1.82) is 0 Å². The van der Waals surface area contributed by atoms with Gasteiger partial charge < -0.3 is 14.8 Å². The maximum Gasteiger partial charge on any atom is 0.328 e. The first-order valence-corrected chi connectivity index (χ1v) is 5.65. The molecule has 0 saturated carbocycles. The van der Waals surface area contributed by atoms with Crippen LogP contribution in [0.3, 0.4) is 0 Å². The molecule has 0 saturated heterocycles. The van der Waals surface area contributed by atoms with Crippen LogP contribution >= 0.6 is 0 Å². The number of ether oxygens (including phenoxy) is 2. The fraction of sp³-hybridized carbons (Fsp3) is 0.417. The molecule has 0 fully saturated rings. The third-order valence-electron chi connectivity index (χ3n) is 2.37. The van der Waals surface area contributed by atoms with Gasteiger partial charge in [0.2, 0.25) is 5.88 Å². The summed E-state index contributed by atoms with van der Waals surface area (Å²) >= 11 is 0. The second-order valence-corrected chi connectivity index (χ2v) is 3.80. The zero-order valence-corrected chi connectivity index (χ0v) is 11.2. The summed E-state index contributed by atoms with van der Waals surface area (Å²) in [7, 11) is 2.91. The number of nitrogens with zero attached hydrogens (tertiary/aromatic N) is 2. The van der Waals surface area contributed by atoms with E-state index in [0.29, 0.717) is 5.88 Å². The predicted octanol–water partition coefficient (Wildman–Crippen LogP) is 0.276. The van der Waals surface area contributed by atoms with Crippen LogP contribution in [-0.4, -0.2) is 41.4 Å². The molecule has 1 heterocycles. The summed E-state index contributed by atoms with van der Waals surface area (Å²) in [6.45, 7) is 5.32. The van der Waals surface area contributed by atoms with E-state index < -0.39 is 17.9 Å². The lowest BCUT2D eigenvalue weighted by Gasteiger charge is -2.12. The highest BCUT2D eigenvalue weighted by atomic mass is 16.5. The van der Waals surface area contributed by atoms with Gasteiger partial charge in [-0.2, -0.15) is 5.10 Å². The lowest BCUT2D eigenvalue weighted by atomic mass is 10.2. The number of methoxy groups -OCH3 is 1. The molecule has 7 heteroatoms. The van der Waals surface area contributed by atoms with Crippen molar-refractivity contribution in [1.82, 2.24) is 15.1 Å². The van der Waals surface area contributed by atoms with E-state index in [1.54, 1.807) is 13.1 Å². The van der Waals surface area contributed by atoms with E-state index in [9.17, 15) is 9.59 Å².